The third kappa shape index (κ3) is 0.464. The molecule has 0 saturated carbocycles. The lowest BCUT2D eigenvalue weighted by Crippen LogP contribution is -2.06. The molecule has 0 radical (unpaired) electrons. The largest absolute Gasteiger partial charge is 0.363 e. The van der Waals surface area contributed by atoms with Gasteiger partial charge < -0.3 is 9.47 Å². The quantitative estimate of drug-likeness (QED) is 0.537. The van der Waals surface area contributed by atoms with E-state index in [-0.39, 0.29) is 12.2 Å². The van der Waals surface area contributed by atoms with E-state index in [1.807, 2.05) is 0 Å². The van der Waals surface area contributed by atoms with Crippen LogP contribution in [0.3, 0.4) is 0 Å². The summed E-state index contributed by atoms with van der Waals surface area (Å²) in [6, 6.07) is 8.44. The van der Waals surface area contributed by atoms with Crippen molar-refractivity contribution in [1.29, 1.82) is 0 Å². The van der Waals surface area contributed by atoms with E-state index < -0.39 is 0 Å². The van der Waals surface area contributed by atoms with Gasteiger partial charge in [0.15, 0.2) is 0 Å². The maximum absolute atomic E-state index is 5.78. The third-order valence-electron chi connectivity index (χ3n) is 3.06. The highest BCUT2D eigenvalue weighted by Crippen LogP contribution is 2.60. The van der Waals surface area contributed by atoms with E-state index in [0.717, 1.165) is 0 Å². The van der Waals surface area contributed by atoms with Crippen molar-refractivity contribution in [3.8, 4) is 0 Å². The van der Waals surface area contributed by atoms with Gasteiger partial charge >= 0.3 is 0 Å². The highest BCUT2D eigenvalue weighted by Gasteiger charge is 2.63. The Labute approximate surface area is 70.1 Å². The van der Waals surface area contributed by atoms with Crippen molar-refractivity contribution in [2.45, 2.75) is 24.4 Å². The SMILES string of the molecule is c1ccc2c(c1)[C@H]1O[C@H]2[C@@H]2O[C@H]21. The lowest BCUT2D eigenvalue weighted by molar-refractivity contribution is -0.00903. The number of rotatable bonds is 0. The fraction of sp³-hybridized carbons (Fsp3) is 0.400. The van der Waals surface area contributed by atoms with Crippen molar-refractivity contribution in [2.75, 3.05) is 0 Å². The van der Waals surface area contributed by atoms with Crippen LogP contribution in [0.25, 0.3) is 0 Å². The first-order chi connectivity index (χ1) is 5.95. The number of hydrogen-bond donors (Lipinski definition) is 0. The van der Waals surface area contributed by atoms with Crippen LogP contribution in [0.5, 0.6) is 0 Å². The Morgan fingerprint density at radius 1 is 0.833 bits per heavy atom. The molecular weight excluding hydrogens is 152 g/mol. The van der Waals surface area contributed by atoms with Crippen molar-refractivity contribution >= 4 is 0 Å². The van der Waals surface area contributed by atoms with Gasteiger partial charge in [0.2, 0.25) is 0 Å². The van der Waals surface area contributed by atoms with Gasteiger partial charge in [0, 0.05) is 0 Å². The van der Waals surface area contributed by atoms with Gasteiger partial charge in [0.1, 0.15) is 24.4 Å². The van der Waals surface area contributed by atoms with E-state index in [1.54, 1.807) is 0 Å². The minimum atomic E-state index is 0.246. The second kappa shape index (κ2) is 1.58. The zero-order valence-electron chi connectivity index (χ0n) is 6.44. The molecule has 1 aromatic rings. The summed E-state index contributed by atoms with van der Waals surface area (Å²) in [5, 5.41) is 0. The highest BCUT2D eigenvalue weighted by atomic mass is 16.7. The van der Waals surface area contributed by atoms with Gasteiger partial charge in [-0.05, 0) is 11.1 Å². The van der Waals surface area contributed by atoms with Gasteiger partial charge in [0.05, 0.1) is 0 Å². The first-order valence-electron chi connectivity index (χ1n) is 4.35. The molecule has 0 amide bonds. The van der Waals surface area contributed by atoms with Crippen LogP contribution in [0.2, 0.25) is 0 Å². The smallest absolute Gasteiger partial charge is 0.118 e. The molecule has 0 unspecified atom stereocenters. The minimum absolute atomic E-state index is 0.246. The van der Waals surface area contributed by atoms with Crippen LogP contribution in [-0.4, -0.2) is 12.2 Å². The zero-order chi connectivity index (χ0) is 7.71. The van der Waals surface area contributed by atoms with Gasteiger partial charge in [-0.15, -0.1) is 0 Å². The highest BCUT2D eigenvalue weighted by molar-refractivity contribution is 5.42. The van der Waals surface area contributed by atoms with Crippen LogP contribution >= 0.6 is 0 Å². The molecule has 0 aromatic heterocycles. The number of epoxide rings is 1. The van der Waals surface area contributed by atoms with E-state index >= 15 is 0 Å². The lowest BCUT2D eigenvalue weighted by Gasteiger charge is -2.05. The standard InChI is InChI=1S/C10H8O2/c1-2-4-6-5(3-1)7-9-10(12-9)8(6)11-7/h1-4,7-10H/t7-,8-,9+,10+/m1/s1. The van der Waals surface area contributed by atoms with E-state index in [9.17, 15) is 0 Å². The van der Waals surface area contributed by atoms with E-state index in [1.165, 1.54) is 11.1 Å². The maximum atomic E-state index is 5.78. The summed E-state index contributed by atoms with van der Waals surface area (Å²) in [5.74, 6) is 0. The molecule has 2 fully saturated rings. The van der Waals surface area contributed by atoms with Crippen molar-refractivity contribution in [3.05, 3.63) is 35.4 Å². The molecule has 2 nitrogen and oxygen atoms in total. The molecule has 12 heavy (non-hydrogen) atoms. The number of hydrogen-bond acceptors (Lipinski definition) is 2. The molecule has 1 aromatic carbocycles. The first-order valence-corrected chi connectivity index (χ1v) is 4.35. The third-order valence-corrected chi connectivity index (χ3v) is 3.06. The Bertz CT molecular complexity index is 328. The summed E-state index contributed by atoms with van der Waals surface area (Å²) in [6.45, 7) is 0. The lowest BCUT2D eigenvalue weighted by atomic mass is 9.92. The zero-order valence-corrected chi connectivity index (χ0v) is 6.44. The van der Waals surface area contributed by atoms with E-state index in [4.69, 9.17) is 9.47 Å². The average molecular weight is 160 g/mol. The summed E-state index contributed by atoms with van der Waals surface area (Å²) < 4.78 is 11.3. The van der Waals surface area contributed by atoms with Crippen LogP contribution in [0.15, 0.2) is 24.3 Å². The van der Waals surface area contributed by atoms with Crippen LogP contribution in [-0.2, 0) is 9.47 Å². The molecule has 2 saturated heterocycles. The summed E-state index contributed by atoms with van der Waals surface area (Å²) in [4.78, 5) is 0. The molecule has 4 atom stereocenters. The second-order valence-electron chi connectivity index (χ2n) is 3.67. The van der Waals surface area contributed by atoms with Crippen LogP contribution in [0.4, 0.5) is 0 Å². The van der Waals surface area contributed by atoms with Crippen LogP contribution in [0.1, 0.15) is 23.3 Å². The Morgan fingerprint density at radius 3 is 2.00 bits per heavy atom. The van der Waals surface area contributed by atoms with Crippen molar-refractivity contribution in [2.24, 2.45) is 0 Å². The fourth-order valence-corrected chi connectivity index (χ4v) is 2.47. The van der Waals surface area contributed by atoms with Gasteiger partial charge in [-0.1, -0.05) is 24.3 Å². The summed E-state index contributed by atoms with van der Waals surface area (Å²) in [6.07, 6.45) is 1.25. The molecule has 0 aliphatic carbocycles. The molecule has 3 aliphatic rings. The predicted molar refractivity (Wildman–Crippen MR) is 41.7 cm³/mol. The predicted octanol–water partition coefficient (Wildman–Crippen LogP) is 1.58. The molecule has 0 N–H and O–H groups in total. The molecule has 3 heterocycles. The molecule has 60 valence electrons. The number of ether oxygens (including phenoxy) is 2. The molecule has 2 bridgehead atoms. The molecule has 0 spiro atoms. The summed E-state index contributed by atoms with van der Waals surface area (Å²) in [5.41, 5.74) is 2.70. The Morgan fingerprint density at radius 2 is 1.42 bits per heavy atom. The number of benzene rings is 1. The molecule has 4 rings (SSSR count). The molecule has 3 aliphatic heterocycles. The maximum Gasteiger partial charge on any atom is 0.118 e. The molecular formula is C10H8O2. The van der Waals surface area contributed by atoms with Crippen molar-refractivity contribution in [1.82, 2.24) is 0 Å². The van der Waals surface area contributed by atoms with Gasteiger partial charge in [0.25, 0.3) is 0 Å². The summed E-state index contributed by atoms with van der Waals surface area (Å²) >= 11 is 0. The van der Waals surface area contributed by atoms with Crippen LogP contribution < -0.4 is 0 Å². The monoisotopic (exact) mass is 160 g/mol. The van der Waals surface area contributed by atoms with E-state index in [0.29, 0.717) is 12.2 Å². The Hall–Kier alpha value is -0.860. The first kappa shape index (κ1) is 5.73. The second-order valence-corrected chi connectivity index (χ2v) is 3.67. The van der Waals surface area contributed by atoms with Crippen molar-refractivity contribution < 1.29 is 9.47 Å². The van der Waals surface area contributed by atoms with Crippen LogP contribution in [0, 0.1) is 0 Å². The van der Waals surface area contributed by atoms with Gasteiger partial charge in [-0.3, -0.25) is 0 Å². The fourth-order valence-electron chi connectivity index (χ4n) is 2.47. The molecule has 2 heteroatoms. The van der Waals surface area contributed by atoms with E-state index in [2.05, 4.69) is 24.3 Å². The Kier molecular flexibility index (Phi) is 0.755. The number of fused-ring (bicyclic) bond motifs is 8. The Balaban J connectivity index is 2.01. The van der Waals surface area contributed by atoms with Gasteiger partial charge in [-0.2, -0.15) is 0 Å². The average Bonchev–Trinajstić information content (AvgIpc) is 2.74. The van der Waals surface area contributed by atoms with Gasteiger partial charge in [-0.25, -0.2) is 0 Å². The van der Waals surface area contributed by atoms with Crippen molar-refractivity contribution in [3.63, 3.8) is 0 Å². The topological polar surface area (TPSA) is 21.8 Å². The minimum Gasteiger partial charge on any atom is -0.363 e. The summed E-state index contributed by atoms with van der Waals surface area (Å²) in [7, 11) is 0. The normalized spacial score (nSPS) is 45.7.